The number of nitrogens with zero attached hydrogens (tertiary/aromatic N) is 1. The number of hydrogen-bond donors (Lipinski definition) is 4. The molecule has 2 atom stereocenters. The number of fused-ring (bicyclic) bond motifs is 2. The molecule has 11 heteroatoms. The Labute approximate surface area is 240 Å². The number of nitrogens with one attached hydrogen (secondary N) is 3. The molecule has 0 fully saturated rings. The minimum Gasteiger partial charge on any atom is -0.480 e. The molecule has 0 radical (unpaired) electrons. The summed E-state index contributed by atoms with van der Waals surface area (Å²) < 4.78 is 0. The molecular formula is C29H26Cl2N4O5. The fourth-order valence-corrected chi connectivity index (χ4v) is 5.77. The van der Waals surface area contributed by atoms with Gasteiger partial charge in [-0.1, -0.05) is 71.7 Å². The van der Waals surface area contributed by atoms with Crippen LogP contribution in [0.1, 0.15) is 55.4 Å². The van der Waals surface area contributed by atoms with Crippen molar-refractivity contribution in [2.45, 2.75) is 38.0 Å². The van der Waals surface area contributed by atoms with Crippen molar-refractivity contribution in [1.82, 2.24) is 20.9 Å². The summed E-state index contributed by atoms with van der Waals surface area (Å²) in [4.78, 5) is 52.0. The minimum absolute atomic E-state index is 0.0974. The number of urea groups is 1. The highest BCUT2D eigenvalue weighted by atomic mass is 35.5. The third-order valence-corrected chi connectivity index (χ3v) is 7.75. The molecule has 9 nitrogen and oxygen atoms in total. The van der Waals surface area contributed by atoms with Gasteiger partial charge in [0.15, 0.2) is 0 Å². The Bertz CT molecular complexity index is 1460. The lowest BCUT2D eigenvalue weighted by atomic mass is 10.1. The molecule has 1 heterocycles. The van der Waals surface area contributed by atoms with Crippen LogP contribution in [0.4, 0.5) is 4.79 Å². The molecule has 2 aliphatic rings. The standard InChI is InChI=1S/C29H26Cl2N4O5/c30-21-11-19(27(37)35-14-17-6-1-2-7-18(17)15-35)12-22(31)25(21)26(36)33-24(28(38)39)13-32-29(40)34-23-10-9-16-5-3-4-8-20(16)23/h1-8,11-12,23-24H,9-10,13-15H2,(H,33,36)(H,38,39)(H2,32,34,40)/t23-,24+/m1/s1. The molecule has 0 saturated heterocycles. The van der Waals surface area contributed by atoms with Crippen LogP contribution in [0.5, 0.6) is 0 Å². The van der Waals surface area contributed by atoms with Crippen molar-refractivity contribution < 1.29 is 24.3 Å². The summed E-state index contributed by atoms with van der Waals surface area (Å²) in [6, 6.07) is 16.0. The lowest BCUT2D eigenvalue weighted by Gasteiger charge is -2.19. The molecule has 4 amide bonds. The van der Waals surface area contributed by atoms with Gasteiger partial charge in [0.05, 0.1) is 28.2 Å². The Morgan fingerprint density at radius 1 is 0.925 bits per heavy atom. The van der Waals surface area contributed by atoms with Gasteiger partial charge < -0.3 is 26.0 Å². The van der Waals surface area contributed by atoms with E-state index in [0.29, 0.717) is 13.1 Å². The smallest absolute Gasteiger partial charge is 0.328 e. The molecule has 3 aromatic carbocycles. The van der Waals surface area contributed by atoms with Gasteiger partial charge in [0, 0.05) is 18.7 Å². The van der Waals surface area contributed by atoms with E-state index in [2.05, 4.69) is 16.0 Å². The number of carbonyl (C=O) groups excluding carboxylic acids is 3. The Balaban J connectivity index is 1.20. The number of carboxylic acid groups (broad SMARTS) is 1. The molecule has 5 rings (SSSR count). The molecule has 1 aliphatic heterocycles. The van der Waals surface area contributed by atoms with E-state index in [1.165, 1.54) is 12.1 Å². The van der Waals surface area contributed by atoms with Crippen molar-refractivity contribution >= 4 is 47.0 Å². The van der Waals surface area contributed by atoms with Crippen LogP contribution in [0.15, 0.2) is 60.7 Å². The fraction of sp³-hybridized carbons (Fsp3) is 0.241. The third kappa shape index (κ3) is 5.76. The lowest BCUT2D eigenvalue weighted by molar-refractivity contribution is -0.139. The predicted octanol–water partition coefficient (Wildman–Crippen LogP) is 4.32. The van der Waals surface area contributed by atoms with Crippen molar-refractivity contribution in [1.29, 1.82) is 0 Å². The normalized spacial score (nSPS) is 16.1. The average Bonchev–Trinajstić information content (AvgIpc) is 3.54. The molecule has 3 aromatic rings. The SMILES string of the molecule is O=C(NC[C@H](NC(=O)c1c(Cl)cc(C(=O)N2Cc3ccccc3C2)cc1Cl)C(=O)O)N[C@@H]1CCc2ccccc21. The van der Waals surface area contributed by atoms with Crippen LogP contribution in [-0.2, 0) is 24.3 Å². The van der Waals surface area contributed by atoms with Gasteiger partial charge in [-0.3, -0.25) is 9.59 Å². The van der Waals surface area contributed by atoms with E-state index < -0.39 is 23.9 Å². The van der Waals surface area contributed by atoms with E-state index in [0.717, 1.165) is 35.1 Å². The highest BCUT2D eigenvalue weighted by molar-refractivity contribution is 6.40. The van der Waals surface area contributed by atoms with Crippen LogP contribution in [-0.4, -0.2) is 46.4 Å². The van der Waals surface area contributed by atoms with Crippen LogP contribution in [0.2, 0.25) is 10.0 Å². The molecule has 40 heavy (non-hydrogen) atoms. The Hall–Kier alpha value is -4.08. The first-order valence-electron chi connectivity index (χ1n) is 12.7. The fourth-order valence-electron chi connectivity index (χ4n) is 5.11. The van der Waals surface area contributed by atoms with Gasteiger partial charge in [-0.15, -0.1) is 0 Å². The molecule has 1 aliphatic carbocycles. The van der Waals surface area contributed by atoms with Crippen LogP contribution in [0.3, 0.4) is 0 Å². The van der Waals surface area contributed by atoms with Crippen molar-refractivity contribution in [3.05, 3.63) is 104 Å². The van der Waals surface area contributed by atoms with E-state index in [4.69, 9.17) is 23.2 Å². The van der Waals surface area contributed by atoms with Crippen molar-refractivity contribution in [3.8, 4) is 0 Å². The molecule has 0 bridgehead atoms. The summed E-state index contributed by atoms with van der Waals surface area (Å²) in [5, 5.41) is 17.2. The van der Waals surface area contributed by atoms with E-state index in [1.807, 2.05) is 48.5 Å². The first kappa shape index (κ1) is 27.5. The average molecular weight is 581 g/mol. The van der Waals surface area contributed by atoms with Gasteiger partial charge in [-0.2, -0.15) is 0 Å². The number of amides is 4. The lowest BCUT2D eigenvalue weighted by Crippen LogP contribution is -2.50. The number of aliphatic carboxylic acids is 1. The topological polar surface area (TPSA) is 128 Å². The monoisotopic (exact) mass is 580 g/mol. The maximum Gasteiger partial charge on any atom is 0.328 e. The molecule has 4 N–H and O–H groups in total. The number of carbonyl (C=O) groups is 4. The number of hydrogen-bond acceptors (Lipinski definition) is 4. The van der Waals surface area contributed by atoms with Crippen molar-refractivity contribution in [3.63, 3.8) is 0 Å². The summed E-state index contributed by atoms with van der Waals surface area (Å²) >= 11 is 12.7. The van der Waals surface area contributed by atoms with Crippen LogP contribution in [0, 0.1) is 0 Å². The first-order valence-corrected chi connectivity index (χ1v) is 13.5. The van der Waals surface area contributed by atoms with E-state index in [1.54, 1.807) is 4.90 Å². The summed E-state index contributed by atoms with van der Waals surface area (Å²) in [7, 11) is 0. The number of aryl methyl sites for hydroxylation is 1. The minimum atomic E-state index is -1.45. The number of benzene rings is 3. The second-order valence-corrected chi connectivity index (χ2v) is 10.6. The summed E-state index contributed by atoms with van der Waals surface area (Å²) in [6.07, 6.45) is 1.58. The third-order valence-electron chi connectivity index (χ3n) is 7.15. The van der Waals surface area contributed by atoms with Gasteiger partial charge in [-0.25, -0.2) is 9.59 Å². The van der Waals surface area contributed by atoms with Crippen LogP contribution < -0.4 is 16.0 Å². The Kier molecular flexibility index (Phi) is 7.95. The summed E-state index contributed by atoms with van der Waals surface area (Å²) in [5.74, 6) is -2.50. The van der Waals surface area contributed by atoms with Gasteiger partial charge in [-0.05, 0) is 47.2 Å². The number of halogens is 2. The zero-order valence-corrected chi connectivity index (χ0v) is 22.8. The summed E-state index contributed by atoms with van der Waals surface area (Å²) in [5.41, 5.74) is 4.35. The highest BCUT2D eigenvalue weighted by Crippen LogP contribution is 2.31. The van der Waals surface area contributed by atoms with Gasteiger partial charge in [0.25, 0.3) is 11.8 Å². The molecule has 0 unspecified atom stereocenters. The van der Waals surface area contributed by atoms with E-state index >= 15 is 0 Å². The zero-order valence-electron chi connectivity index (χ0n) is 21.2. The quantitative estimate of drug-likeness (QED) is 0.331. The molecule has 0 spiro atoms. The first-order chi connectivity index (χ1) is 19.2. The second kappa shape index (κ2) is 11.6. The zero-order chi connectivity index (χ0) is 28.4. The highest BCUT2D eigenvalue weighted by Gasteiger charge is 2.29. The molecule has 0 saturated carbocycles. The molecule has 206 valence electrons. The Morgan fingerprint density at radius 2 is 1.52 bits per heavy atom. The van der Waals surface area contributed by atoms with Gasteiger partial charge >= 0.3 is 12.0 Å². The van der Waals surface area contributed by atoms with Crippen LogP contribution >= 0.6 is 23.2 Å². The van der Waals surface area contributed by atoms with E-state index in [9.17, 15) is 24.3 Å². The second-order valence-electron chi connectivity index (χ2n) is 9.75. The number of carboxylic acids is 1. The van der Waals surface area contributed by atoms with Gasteiger partial charge in [0.2, 0.25) is 0 Å². The number of rotatable bonds is 7. The summed E-state index contributed by atoms with van der Waals surface area (Å²) in [6.45, 7) is 0.518. The molecular weight excluding hydrogens is 555 g/mol. The maximum atomic E-state index is 13.1. The van der Waals surface area contributed by atoms with Crippen molar-refractivity contribution in [2.75, 3.05) is 6.54 Å². The van der Waals surface area contributed by atoms with Crippen LogP contribution in [0.25, 0.3) is 0 Å². The van der Waals surface area contributed by atoms with Crippen molar-refractivity contribution in [2.24, 2.45) is 0 Å². The molecule has 0 aromatic heterocycles. The maximum absolute atomic E-state index is 13.1. The predicted molar refractivity (Wildman–Crippen MR) is 149 cm³/mol. The van der Waals surface area contributed by atoms with Gasteiger partial charge in [0.1, 0.15) is 6.04 Å². The Morgan fingerprint density at radius 3 is 2.15 bits per heavy atom. The largest absolute Gasteiger partial charge is 0.480 e. The van der Waals surface area contributed by atoms with E-state index in [-0.39, 0.29) is 39.7 Å².